The first-order valence-corrected chi connectivity index (χ1v) is 17.8. The van der Waals surface area contributed by atoms with Gasteiger partial charge in [-0.3, -0.25) is 9.59 Å². The van der Waals surface area contributed by atoms with E-state index in [0.717, 1.165) is 75.1 Å². The van der Waals surface area contributed by atoms with Crippen LogP contribution in [-0.2, 0) is 14.3 Å². The van der Waals surface area contributed by atoms with Crippen LogP contribution in [0.15, 0.2) is 24.3 Å². The average Bonchev–Trinajstić information content (AvgIpc) is 3.71. The second-order valence-electron chi connectivity index (χ2n) is 13.3. The van der Waals surface area contributed by atoms with Crippen molar-refractivity contribution < 1.29 is 33.6 Å². The number of methoxy groups -OCH3 is 1. The third kappa shape index (κ3) is 8.73. The van der Waals surface area contributed by atoms with E-state index in [1.807, 2.05) is 18.2 Å². The van der Waals surface area contributed by atoms with Gasteiger partial charge in [-0.1, -0.05) is 31.7 Å². The minimum Gasteiger partial charge on any atom is -0.504 e. The number of cyclic esters (lactones) is 1. The highest BCUT2D eigenvalue weighted by molar-refractivity contribution is 5.81. The summed E-state index contributed by atoms with van der Waals surface area (Å²) in [7, 11) is 1.51. The number of nitrogens with one attached hydrogen (secondary N) is 3. The topological polar surface area (TPSA) is 153 Å². The lowest BCUT2D eigenvalue weighted by molar-refractivity contribution is -0.141. The maximum Gasteiger partial charge on any atom is 0.310 e. The summed E-state index contributed by atoms with van der Waals surface area (Å²) in [6.45, 7) is 6.85. The van der Waals surface area contributed by atoms with Crippen LogP contribution in [0.25, 0.3) is 0 Å². The lowest BCUT2D eigenvalue weighted by Gasteiger charge is -2.39. The van der Waals surface area contributed by atoms with E-state index in [1.165, 1.54) is 39.2 Å². The molecule has 48 heavy (non-hydrogen) atoms. The smallest absolute Gasteiger partial charge is 0.310 e. The van der Waals surface area contributed by atoms with Crippen LogP contribution in [-0.4, -0.2) is 70.2 Å². The van der Waals surface area contributed by atoms with Crippen LogP contribution in [0.1, 0.15) is 98.4 Å². The standard InChI is InChI=1S/C37H54N4O7/c1-24-18-25(19-31(45-2)36(24)43)33-26-20-29-30(48-23-47-29)21-27(26)35(28-22-46-37(44)34(28)33)41-32(42)12-7-10-15-40-17-11-16-39-14-9-6-4-3-5-8-13-38/h18-21,28,33-35,39-40,43H,3-17,22-23,38H2,1-2H3,(H,41,42)/t28-,33?,34-,35+/m0/s1. The highest BCUT2D eigenvalue weighted by atomic mass is 16.7. The molecular weight excluding hydrogens is 612 g/mol. The van der Waals surface area contributed by atoms with Crippen LogP contribution in [0.4, 0.5) is 0 Å². The molecule has 1 unspecified atom stereocenters. The number of phenols is 1. The Balaban J connectivity index is 1.12. The van der Waals surface area contributed by atoms with E-state index in [-0.39, 0.29) is 42.9 Å². The number of carbonyl (C=O) groups excluding carboxylic acids is 2. The van der Waals surface area contributed by atoms with Crippen molar-refractivity contribution >= 4 is 11.9 Å². The molecule has 1 aliphatic carbocycles. The zero-order chi connectivity index (χ0) is 33.9. The number of esters is 1. The fourth-order valence-corrected chi connectivity index (χ4v) is 7.33. The number of rotatable bonds is 20. The van der Waals surface area contributed by atoms with Gasteiger partial charge in [-0.25, -0.2) is 0 Å². The number of ether oxygens (including phenoxy) is 4. The second kappa shape index (κ2) is 17.7. The SMILES string of the molecule is COc1cc(C2c3cc4c(cc3[C@@H](NC(=O)CCCCNCCCNCCCCCCCCN)[C@H]3COC(=O)[C@H]23)OCO4)cc(C)c1O. The Bertz CT molecular complexity index is 1390. The Morgan fingerprint density at radius 1 is 0.875 bits per heavy atom. The highest BCUT2D eigenvalue weighted by Gasteiger charge is 2.53. The van der Waals surface area contributed by atoms with Crippen molar-refractivity contribution in [2.45, 2.75) is 83.1 Å². The summed E-state index contributed by atoms with van der Waals surface area (Å²) >= 11 is 0. The van der Waals surface area contributed by atoms with Gasteiger partial charge in [0.25, 0.3) is 0 Å². The maximum absolute atomic E-state index is 13.3. The van der Waals surface area contributed by atoms with Crippen molar-refractivity contribution in [2.75, 3.05) is 53.2 Å². The Kier molecular flexibility index (Phi) is 13.2. The number of amides is 1. The predicted octanol–water partition coefficient (Wildman–Crippen LogP) is 4.57. The molecule has 5 rings (SSSR count). The van der Waals surface area contributed by atoms with Crippen molar-refractivity contribution in [1.29, 1.82) is 0 Å². The van der Waals surface area contributed by atoms with Crippen molar-refractivity contribution in [3.05, 3.63) is 46.5 Å². The van der Waals surface area contributed by atoms with Crippen molar-refractivity contribution in [2.24, 2.45) is 17.6 Å². The number of hydrogen-bond acceptors (Lipinski definition) is 10. The minimum absolute atomic E-state index is 0.0501. The molecule has 6 N–H and O–H groups in total. The third-order valence-corrected chi connectivity index (χ3v) is 9.89. The molecule has 1 amide bonds. The number of nitrogens with two attached hydrogens (primary N) is 1. The van der Waals surface area contributed by atoms with E-state index >= 15 is 0 Å². The number of hydrogen-bond donors (Lipinski definition) is 5. The molecular formula is C37H54N4O7. The number of aryl methyl sites for hydroxylation is 1. The first-order valence-electron chi connectivity index (χ1n) is 17.8. The van der Waals surface area contributed by atoms with E-state index in [4.69, 9.17) is 24.7 Å². The lowest BCUT2D eigenvalue weighted by atomic mass is 9.65. The largest absolute Gasteiger partial charge is 0.504 e. The molecule has 0 bridgehead atoms. The van der Waals surface area contributed by atoms with E-state index in [0.29, 0.717) is 29.2 Å². The molecule has 264 valence electrons. The lowest BCUT2D eigenvalue weighted by Crippen LogP contribution is -2.42. The van der Waals surface area contributed by atoms with Crippen LogP contribution in [0, 0.1) is 18.8 Å². The maximum atomic E-state index is 13.3. The summed E-state index contributed by atoms with van der Waals surface area (Å²) in [6, 6.07) is 7.10. The zero-order valence-electron chi connectivity index (χ0n) is 28.6. The molecule has 0 spiro atoms. The predicted molar refractivity (Wildman–Crippen MR) is 184 cm³/mol. The van der Waals surface area contributed by atoms with Crippen molar-refractivity contribution in [3.63, 3.8) is 0 Å². The van der Waals surface area contributed by atoms with Gasteiger partial charge in [0, 0.05) is 18.3 Å². The quantitative estimate of drug-likeness (QED) is 0.100. The van der Waals surface area contributed by atoms with Crippen LogP contribution in [0.3, 0.4) is 0 Å². The molecule has 0 saturated carbocycles. The van der Waals surface area contributed by atoms with E-state index < -0.39 is 12.0 Å². The van der Waals surface area contributed by atoms with E-state index in [1.54, 1.807) is 13.0 Å². The van der Waals surface area contributed by atoms with Gasteiger partial charge in [-0.15, -0.1) is 0 Å². The van der Waals surface area contributed by atoms with Gasteiger partial charge in [0.1, 0.15) is 0 Å². The molecule has 11 nitrogen and oxygen atoms in total. The van der Waals surface area contributed by atoms with Crippen LogP contribution in [0.2, 0.25) is 0 Å². The summed E-state index contributed by atoms with van der Waals surface area (Å²) in [5.74, 6) is 0.101. The molecule has 2 heterocycles. The zero-order valence-corrected chi connectivity index (χ0v) is 28.6. The molecule has 2 aliphatic heterocycles. The van der Waals surface area contributed by atoms with E-state index in [2.05, 4.69) is 16.0 Å². The molecule has 2 aromatic carbocycles. The molecule has 0 radical (unpaired) electrons. The summed E-state index contributed by atoms with van der Waals surface area (Å²) in [5, 5.41) is 20.8. The molecule has 4 atom stereocenters. The Labute approximate surface area is 284 Å². The average molecular weight is 667 g/mol. The normalized spacial score (nSPS) is 20.7. The Hall–Kier alpha value is -3.54. The first-order chi connectivity index (χ1) is 23.4. The van der Waals surface area contributed by atoms with Crippen molar-refractivity contribution in [3.8, 4) is 23.0 Å². The number of phenolic OH excluding ortho intramolecular Hbond substituents is 1. The molecule has 1 saturated heterocycles. The number of benzene rings is 2. The summed E-state index contributed by atoms with van der Waals surface area (Å²) in [5.41, 5.74) is 8.77. The fraction of sp³-hybridized carbons (Fsp3) is 0.622. The minimum atomic E-state index is -0.526. The summed E-state index contributed by atoms with van der Waals surface area (Å²) in [6.07, 6.45) is 10.6. The summed E-state index contributed by atoms with van der Waals surface area (Å²) in [4.78, 5) is 26.6. The second-order valence-corrected chi connectivity index (χ2v) is 13.3. The van der Waals surface area contributed by atoms with Gasteiger partial charge in [0.2, 0.25) is 12.7 Å². The third-order valence-electron chi connectivity index (χ3n) is 9.89. The van der Waals surface area contributed by atoms with Gasteiger partial charge in [-0.05, 0) is 112 Å². The van der Waals surface area contributed by atoms with Crippen molar-refractivity contribution in [1.82, 2.24) is 16.0 Å². The van der Waals surface area contributed by atoms with Gasteiger partial charge in [-0.2, -0.15) is 0 Å². The Morgan fingerprint density at radius 3 is 2.23 bits per heavy atom. The monoisotopic (exact) mass is 666 g/mol. The fourth-order valence-electron chi connectivity index (χ4n) is 7.33. The number of fused-ring (bicyclic) bond motifs is 3. The first kappa shape index (κ1) is 35.8. The number of aromatic hydroxyl groups is 1. The number of carbonyl (C=O) groups is 2. The highest BCUT2D eigenvalue weighted by Crippen LogP contribution is 2.55. The molecule has 0 aromatic heterocycles. The number of unbranched alkanes of at least 4 members (excludes halogenated alkanes) is 6. The Morgan fingerprint density at radius 2 is 1.52 bits per heavy atom. The van der Waals surface area contributed by atoms with Gasteiger partial charge >= 0.3 is 5.97 Å². The molecule has 1 fully saturated rings. The van der Waals surface area contributed by atoms with Gasteiger partial charge in [0.15, 0.2) is 23.0 Å². The van der Waals surface area contributed by atoms with Gasteiger partial charge < -0.3 is 45.7 Å². The van der Waals surface area contributed by atoms with Crippen LogP contribution >= 0.6 is 0 Å². The van der Waals surface area contributed by atoms with Crippen LogP contribution in [0.5, 0.6) is 23.0 Å². The molecule has 3 aliphatic rings. The molecule has 2 aromatic rings. The molecule has 11 heteroatoms. The summed E-state index contributed by atoms with van der Waals surface area (Å²) < 4.78 is 22.6. The van der Waals surface area contributed by atoms with Crippen LogP contribution < -0.4 is 35.9 Å². The van der Waals surface area contributed by atoms with E-state index in [9.17, 15) is 14.7 Å². The van der Waals surface area contributed by atoms with Gasteiger partial charge in [0.05, 0.1) is 25.7 Å².